The van der Waals surface area contributed by atoms with Gasteiger partial charge >= 0.3 is 17.9 Å². The molecule has 0 aliphatic rings. The Bertz CT molecular complexity index is 1490. The van der Waals surface area contributed by atoms with Crippen molar-refractivity contribution in [2.24, 2.45) is 0 Å². The van der Waals surface area contributed by atoms with Crippen molar-refractivity contribution < 1.29 is 28.6 Å². The minimum Gasteiger partial charge on any atom is -0.462 e. The Morgan fingerprint density at radius 3 is 0.890 bits per heavy atom. The van der Waals surface area contributed by atoms with E-state index in [9.17, 15) is 14.4 Å². The summed E-state index contributed by atoms with van der Waals surface area (Å²) in [5.74, 6) is -0.936. The fourth-order valence-corrected chi connectivity index (χ4v) is 8.18. The quantitative estimate of drug-likeness (QED) is 0.0261. The average molecular weight is 1010 g/mol. The third kappa shape index (κ3) is 58.8. The van der Waals surface area contributed by atoms with Crippen molar-refractivity contribution in [3.05, 3.63) is 109 Å². The highest BCUT2D eigenvalue weighted by Crippen LogP contribution is 2.15. The highest BCUT2D eigenvalue weighted by molar-refractivity contribution is 5.71. The molecule has 0 heterocycles. The van der Waals surface area contributed by atoms with Gasteiger partial charge in [0.1, 0.15) is 13.2 Å². The zero-order chi connectivity index (χ0) is 52.9. The van der Waals surface area contributed by atoms with E-state index in [2.05, 4.69) is 130 Å². The van der Waals surface area contributed by atoms with Crippen molar-refractivity contribution in [1.29, 1.82) is 0 Å². The number of carbonyl (C=O) groups is 3. The molecule has 416 valence electrons. The number of rotatable bonds is 54. The molecule has 0 saturated heterocycles. The molecule has 0 aromatic heterocycles. The predicted molar refractivity (Wildman–Crippen MR) is 316 cm³/mol. The van der Waals surface area contributed by atoms with Crippen molar-refractivity contribution in [3.8, 4) is 0 Å². The van der Waals surface area contributed by atoms with Gasteiger partial charge in [0.05, 0.1) is 0 Å². The van der Waals surface area contributed by atoms with Gasteiger partial charge in [-0.15, -0.1) is 0 Å². The summed E-state index contributed by atoms with van der Waals surface area (Å²) in [5, 5.41) is 0. The van der Waals surface area contributed by atoms with Crippen LogP contribution >= 0.6 is 0 Å². The van der Waals surface area contributed by atoms with E-state index < -0.39 is 6.10 Å². The minimum atomic E-state index is -0.801. The van der Waals surface area contributed by atoms with Crippen molar-refractivity contribution >= 4 is 17.9 Å². The van der Waals surface area contributed by atoms with E-state index in [4.69, 9.17) is 14.2 Å². The van der Waals surface area contributed by atoms with Crippen molar-refractivity contribution in [1.82, 2.24) is 0 Å². The highest BCUT2D eigenvalue weighted by atomic mass is 16.6. The van der Waals surface area contributed by atoms with Crippen LogP contribution in [-0.2, 0) is 28.6 Å². The van der Waals surface area contributed by atoms with Gasteiger partial charge in [0, 0.05) is 19.3 Å². The number of unbranched alkanes of at least 4 members (excludes halogenated alkanes) is 25. The molecule has 1 atom stereocenters. The Balaban J connectivity index is 4.37. The van der Waals surface area contributed by atoms with Crippen LogP contribution in [0.4, 0.5) is 0 Å². The number of hydrogen-bond acceptors (Lipinski definition) is 6. The molecule has 0 spiro atoms. The number of hydrogen-bond donors (Lipinski definition) is 0. The van der Waals surface area contributed by atoms with Crippen LogP contribution in [0.2, 0.25) is 0 Å². The first-order chi connectivity index (χ1) is 36.0. The number of carbonyl (C=O) groups excluding carboxylic acids is 3. The van der Waals surface area contributed by atoms with Gasteiger partial charge in [-0.1, -0.05) is 246 Å². The molecule has 0 aliphatic carbocycles. The first-order valence-corrected chi connectivity index (χ1v) is 30.4. The normalized spacial score (nSPS) is 12.9. The third-order valence-corrected chi connectivity index (χ3v) is 12.7. The summed E-state index contributed by atoms with van der Waals surface area (Å²) >= 11 is 0. The lowest BCUT2D eigenvalue weighted by molar-refractivity contribution is -0.167. The van der Waals surface area contributed by atoms with Crippen molar-refractivity contribution in [2.45, 2.75) is 284 Å². The maximum atomic E-state index is 12.9. The SMILES string of the molecule is CC/C=C\C/C=C\C/C=C\C/C=C\CCCCCCC(=O)OC(COC(=O)CCCCCCC/C=C\C/C=C\CCC)COC(=O)CCCCCCCCCCCC/C=C\C/C=C\C/C=C\CCCCCCC. The first-order valence-electron chi connectivity index (χ1n) is 30.4. The smallest absolute Gasteiger partial charge is 0.306 e. The van der Waals surface area contributed by atoms with Gasteiger partial charge in [0.25, 0.3) is 0 Å². The van der Waals surface area contributed by atoms with Crippen LogP contribution in [0.1, 0.15) is 278 Å². The monoisotopic (exact) mass is 1010 g/mol. The van der Waals surface area contributed by atoms with Crippen LogP contribution in [0.25, 0.3) is 0 Å². The molecular weight excluding hydrogens is 901 g/mol. The van der Waals surface area contributed by atoms with Gasteiger partial charge in [-0.2, -0.15) is 0 Å². The first kappa shape index (κ1) is 69.1. The van der Waals surface area contributed by atoms with Gasteiger partial charge in [0.15, 0.2) is 6.10 Å². The summed E-state index contributed by atoms with van der Waals surface area (Å²) < 4.78 is 16.9. The van der Waals surface area contributed by atoms with E-state index in [1.807, 2.05) is 0 Å². The van der Waals surface area contributed by atoms with E-state index in [1.54, 1.807) is 0 Å². The van der Waals surface area contributed by atoms with Crippen LogP contribution in [-0.4, -0.2) is 37.2 Å². The summed E-state index contributed by atoms with van der Waals surface area (Å²) in [6.07, 6.45) is 82.3. The van der Waals surface area contributed by atoms with Crippen LogP contribution in [0, 0.1) is 0 Å². The number of allylic oxidation sites excluding steroid dienone is 18. The lowest BCUT2D eigenvalue weighted by Crippen LogP contribution is -2.30. The molecule has 0 fully saturated rings. The van der Waals surface area contributed by atoms with Gasteiger partial charge in [-0.3, -0.25) is 14.4 Å². The molecule has 0 aliphatic heterocycles. The summed E-state index contributed by atoms with van der Waals surface area (Å²) in [5.41, 5.74) is 0. The second kappa shape index (κ2) is 60.6. The second-order valence-corrected chi connectivity index (χ2v) is 19.9. The average Bonchev–Trinajstić information content (AvgIpc) is 3.39. The molecule has 1 unspecified atom stereocenters. The summed E-state index contributed by atoms with van der Waals surface area (Å²) in [4.78, 5) is 38.2. The third-order valence-electron chi connectivity index (χ3n) is 12.7. The van der Waals surface area contributed by atoms with Crippen molar-refractivity contribution in [3.63, 3.8) is 0 Å². The lowest BCUT2D eigenvalue weighted by Gasteiger charge is -2.18. The summed E-state index contributed by atoms with van der Waals surface area (Å²) in [6, 6.07) is 0. The van der Waals surface area contributed by atoms with E-state index in [0.29, 0.717) is 19.3 Å². The second-order valence-electron chi connectivity index (χ2n) is 19.9. The van der Waals surface area contributed by atoms with E-state index in [-0.39, 0.29) is 31.1 Å². The maximum absolute atomic E-state index is 12.9. The zero-order valence-electron chi connectivity index (χ0n) is 47.6. The fraction of sp³-hybridized carbons (Fsp3) is 0.687. The summed E-state index contributed by atoms with van der Waals surface area (Å²) in [7, 11) is 0. The standard InChI is InChI=1S/C67H112O6/c1-4-7-10-13-16-19-22-25-27-29-30-31-32-33-34-35-36-38-39-42-45-48-51-54-57-60-66(69)72-63-64(62-71-65(68)59-56-53-50-47-44-41-24-21-18-15-12-9-6-3)73-67(70)61-58-55-52-49-46-43-40-37-28-26-23-20-17-14-11-8-5-2/h8,11-12,15,17,20-22,24-26,28-30,32-33,40,43,64H,4-7,9-10,13-14,16,18-19,23,27,31,34-39,41-42,44-63H2,1-3H3/b11-8-,15-12-,20-17-,24-21-,25-22-,28-26-,30-29-,33-32-,43-40-. The predicted octanol–water partition coefficient (Wildman–Crippen LogP) is 20.7. The Morgan fingerprint density at radius 2 is 0.562 bits per heavy atom. The molecule has 0 N–H and O–H groups in total. The fourth-order valence-electron chi connectivity index (χ4n) is 8.18. The Labute approximate surface area is 450 Å². The molecule has 0 bridgehead atoms. The maximum Gasteiger partial charge on any atom is 0.306 e. The molecule has 0 radical (unpaired) electrons. The number of ether oxygens (including phenoxy) is 3. The Morgan fingerprint density at radius 1 is 0.288 bits per heavy atom. The van der Waals surface area contributed by atoms with Crippen LogP contribution in [0.3, 0.4) is 0 Å². The minimum absolute atomic E-state index is 0.0960. The summed E-state index contributed by atoms with van der Waals surface area (Å²) in [6.45, 7) is 6.42. The molecular formula is C67H112O6. The van der Waals surface area contributed by atoms with E-state index in [0.717, 1.165) is 141 Å². The topological polar surface area (TPSA) is 78.9 Å². The van der Waals surface area contributed by atoms with Crippen molar-refractivity contribution in [2.75, 3.05) is 13.2 Å². The Hall–Kier alpha value is -3.93. The molecule has 0 aromatic rings. The van der Waals surface area contributed by atoms with Crippen LogP contribution < -0.4 is 0 Å². The van der Waals surface area contributed by atoms with Gasteiger partial charge in [-0.05, 0) is 122 Å². The van der Waals surface area contributed by atoms with Crippen LogP contribution in [0.5, 0.6) is 0 Å². The molecule has 6 heteroatoms. The molecule has 0 aromatic carbocycles. The lowest BCUT2D eigenvalue weighted by atomic mass is 10.1. The zero-order valence-corrected chi connectivity index (χ0v) is 47.6. The van der Waals surface area contributed by atoms with Gasteiger partial charge < -0.3 is 14.2 Å². The van der Waals surface area contributed by atoms with Gasteiger partial charge in [-0.25, -0.2) is 0 Å². The van der Waals surface area contributed by atoms with Gasteiger partial charge in [0.2, 0.25) is 0 Å². The van der Waals surface area contributed by atoms with E-state index >= 15 is 0 Å². The number of esters is 3. The van der Waals surface area contributed by atoms with E-state index in [1.165, 1.54) is 96.3 Å². The van der Waals surface area contributed by atoms with Crippen LogP contribution in [0.15, 0.2) is 109 Å². The molecule has 0 rings (SSSR count). The molecule has 6 nitrogen and oxygen atoms in total. The highest BCUT2D eigenvalue weighted by Gasteiger charge is 2.19. The Kier molecular flexibility index (Phi) is 57.4. The molecule has 0 amide bonds. The molecule has 73 heavy (non-hydrogen) atoms. The largest absolute Gasteiger partial charge is 0.462 e. The molecule has 0 saturated carbocycles.